The number of carboxylic acid groups (broad SMARTS) is 1. The molecule has 136 valence electrons. The Balaban J connectivity index is 1.74. The minimum Gasteiger partial charge on any atom is -0.479 e. The van der Waals surface area contributed by atoms with Crippen molar-refractivity contribution in [3.63, 3.8) is 0 Å². The smallest absolute Gasteiger partial charge is 0.331 e. The number of amides is 1. The van der Waals surface area contributed by atoms with Gasteiger partial charge in [-0.25, -0.2) is 9.18 Å². The van der Waals surface area contributed by atoms with Gasteiger partial charge in [0.1, 0.15) is 5.82 Å². The van der Waals surface area contributed by atoms with Crippen LogP contribution in [0.2, 0.25) is 0 Å². The summed E-state index contributed by atoms with van der Waals surface area (Å²) >= 11 is 0. The van der Waals surface area contributed by atoms with Crippen LogP contribution in [0.25, 0.3) is 0 Å². The number of hydrogen-bond donors (Lipinski definition) is 1. The molecule has 0 aromatic heterocycles. The highest BCUT2D eigenvalue weighted by molar-refractivity contribution is 5.86. The number of fused-ring (bicyclic) bond motifs is 1. The zero-order chi connectivity index (χ0) is 18.7. The molecule has 0 bridgehead atoms. The molecule has 1 heterocycles. The second-order valence-electron chi connectivity index (χ2n) is 6.75. The second kappa shape index (κ2) is 7.68. The average molecular weight is 355 g/mol. The van der Waals surface area contributed by atoms with E-state index in [1.807, 2.05) is 12.1 Å². The Labute approximate surface area is 152 Å². The Hall–Kier alpha value is -2.69. The van der Waals surface area contributed by atoms with Crippen molar-refractivity contribution in [2.45, 2.75) is 32.2 Å². The maximum Gasteiger partial charge on any atom is 0.331 e. The normalized spacial score (nSPS) is 17.5. The van der Waals surface area contributed by atoms with Gasteiger partial charge < -0.3 is 10.0 Å². The Bertz CT molecular complexity index is 820. The van der Waals surface area contributed by atoms with E-state index in [1.54, 1.807) is 37.3 Å². The topological polar surface area (TPSA) is 57.6 Å². The second-order valence-corrected chi connectivity index (χ2v) is 6.75. The first-order valence-corrected chi connectivity index (χ1v) is 8.83. The predicted octanol–water partition coefficient (Wildman–Crippen LogP) is 3.61. The molecule has 0 fully saturated rings. The van der Waals surface area contributed by atoms with E-state index in [9.17, 15) is 19.1 Å². The summed E-state index contributed by atoms with van der Waals surface area (Å²) in [4.78, 5) is 26.2. The van der Waals surface area contributed by atoms with Crippen LogP contribution in [-0.2, 0) is 22.4 Å². The van der Waals surface area contributed by atoms with Crippen molar-refractivity contribution < 1.29 is 19.1 Å². The third-order valence-corrected chi connectivity index (χ3v) is 5.03. The molecule has 4 nitrogen and oxygen atoms in total. The third-order valence-electron chi connectivity index (χ3n) is 5.03. The van der Waals surface area contributed by atoms with Crippen molar-refractivity contribution in [3.05, 3.63) is 71.0 Å². The summed E-state index contributed by atoms with van der Waals surface area (Å²) < 4.78 is 13.8. The molecule has 0 aliphatic carbocycles. The van der Waals surface area contributed by atoms with Gasteiger partial charge >= 0.3 is 5.97 Å². The molecule has 0 radical (unpaired) electrons. The number of halogens is 1. The van der Waals surface area contributed by atoms with E-state index in [1.165, 1.54) is 11.0 Å². The fourth-order valence-corrected chi connectivity index (χ4v) is 3.55. The number of carboxylic acids is 1. The first kappa shape index (κ1) is 18.1. The quantitative estimate of drug-likeness (QED) is 0.891. The molecule has 0 saturated carbocycles. The van der Waals surface area contributed by atoms with Crippen LogP contribution < -0.4 is 0 Å². The molecule has 1 aliphatic heterocycles. The lowest BCUT2D eigenvalue weighted by atomic mass is 9.90. The van der Waals surface area contributed by atoms with E-state index in [-0.39, 0.29) is 17.6 Å². The van der Waals surface area contributed by atoms with Crippen molar-refractivity contribution in [2.75, 3.05) is 6.54 Å². The Morgan fingerprint density at radius 1 is 1.19 bits per heavy atom. The fraction of sp³-hybridized carbons (Fsp3) is 0.333. The monoisotopic (exact) mass is 355 g/mol. The lowest BCUT2D eigenvalue weighted by Crippen LogP contribution is -2.45. The third kappa shape index (κ3) is 3.62. The maximum atomic E-state index is 13.8. The van der Waals surface area contributed by atoms with Gasteiger partial charge in [-0.3, -0.25) is 4.79 Å². The van der Waals surface area contributed by atoms with E-state index in [0.29, 0.717) is 36.9 Å². The van der Waals surface area contributed by atoms with Crippen molar-refractivity contribution in [1.82, 2.24) is 4.90 Å². The summed E-state index contributed by atoms with van der Waals surface area (Å²) in [6, 6.07) is 12.9. The summed E-state index contributed by atoms with van der Waals surface area (Å²) in [6.45, 7) is 2.17. The highest BCUT2D eigenvalue weighted by Gasteiger charge is 2.37. The fourth-order valence-electron chi connectivity index (χ4n) is 3.55. The Kier molecular flexibility index (Phi) is 5.35. The number of carbonyl (C=O) groups excluding carboxylic acids is 1. The number of nitrogens with zero attached hydrogens (tertiary/aromatic N) is 1. The van der Waals surface area contributed by atoms with E-state index < -0.39 is 12.0 Å². The summed E-state index contributed by atoms with van der Waals surface area (Å²) in [5.74, 6) is -1.86. The van der Waals surface area contributed by atoms with Crippen LogP contribution in [0.15, 0.2) is 48.5 Å². The van der Waals surface area contributed by atoms with E-state index in [4.69, 9.17) is 0 Å². The zero-order valence-corrected chi connectivity index (χ0v) is 14.7. The average Bonchev–Trinajstić information content (AvgIpc) is 2.65. The molecule has 2 unspecified atom stereocenters. The minimum atomic E-state index is -1.02. The van der Waals surface area contributed by atoms with Gasteiger partial charge in [0.15, 0.2) is 6.04 Å². The zero-order valence-electron chi connectivity index (χ0n) is 14.7. The lowest BCUT2D eigenvalue weighted by molar-refractivity contribution is -0.153. The molecule has 2 aromatic carbocycles. The van der Waals surface area contributed by atoms with Gasteiger partial charge in [0, 0.05) is 12.5 Å². The van der Waals surface area contributed by atoms with Crippen molar-refractivity contribution >= 4 is 11.9 Å². The maximum absolute atomic E-state index is 13.8. The van der Waals surface area contributed by atoms with E-state index >= 15 is 0 Å². The van der Waals surface area contributed by atoms with Crippen molar-refractivity contribution in [2.24, 2.45) is 5.92 Å². The van der Waals surface area contributed by atoms with Gasteiger partial charge in [0.05, 0.1) is 0 Å². The molecule has 2 atom stereocenters. The number of benzene rings is 2. The molecule has 3 rings (SSSR count). The largest absolute Gasteiger partial charge is 0.479 e. The summed E-state index contributed by atoms with van der Waals surface area (Å²) in [5, 5.41) is 9.69. The summed E-state index contributed by atoms with van der Waals surface area (Å²) in [6.07, 6.45) is 1.57. The Morgan fingerprint density at radius 3 is 2.62 bits per heavy atom. The molecule has 1 N–H and O–H groups in total. The molecule has 26 heavy (non-hydrogen) atoms. The number of aliphatic carboxylic acids is 1. The molecule has 0 saturated heterocycles. The van der Waals surface area contributed by atoms with Crippen LogP contribution in [0.4, 0.5) is 4.39 Å². The Morgan fingerprint density at radius 2 is 1.88 bits per heavy atom. The van der Waals surface area contributed by atoms with Gasteiger partial charge in [-0.05, 0) is 42.0 Å². The number of rotatable bonds is 5. The van der Waals surface area contributed by atoms with Crippen LogP contribution in [0.1, 0.15) is 36.1 Å². The molecule has 5 heteroatoms. The minimum absolute atomic E-state index is 0.191. The van der Waals surface area contributed by atoms with Crippen molar-refractivity contribution in [1.29, 1.82) is 0 Å². The molecule has 1 aliphatic rings. The van der Waals surface area contributed by atoms with E-state index in [2.05, 4.69) is 0 Å². The van der Waals surface area contributed by atoms with Gasteiger partial charge in [0.25, 0.3) is 0 Å². The summed E-state index contributed by atoms with van der Waals surface area (Å²) in [5.41, 5.74) is 2.23. The van der Waals surface area contributed by atoms with E-state index in [0.717, 1.165) is 5.56 Å². The number of carbonyl (C=O) groups is 2. The van der Waals surface area contributed by atoms with Gasteiger partial charge in [-0.15, -0.1) is 0 Å². The highest BCUT2D eigenvalue weighted by atomic mass is 19.1. The molecule has 1 amide bonds. The first-order chi connectivity index (χ1) is 12.5. The van der Waals surface area contributed by atoms with Crippen LogP contribution in [0.5, 0.6) is 0 Å². The van der Waals surface area contributed by atoms with Crippen LogP contribution in [0, 0.1) is 11.7 Å². The lowest BCUT2D eigenvalue weighted by Gasteiger charge is -2.36. The van der Waals surface area contributed by atoms with Gasteiger partial charge in [0.2, 0.25) is 5.91 Å². The first-order valence-electron chi connectivity index (χ1n) is 8.83. The van der Waals surface area contributed by atoms with Crippen molar-refractivity contribution in [3.8, 4) is 0 Å². The summed E-state index contributed by atoms with van der Waals surface area (Å²) in [7, 11) is 0. The molecule has 2 aromatic rings. The molecular weight excluding hydrogens is 333 g/mol. The SMILES string of the molecule is CC(CCc1ccccc1F)C(=O)N1CCc2ccccc2C1C(=O)O. The molecular formula is C21H22FNO3. The number of aryl methyl sites for hydroxylation is 1. The predicted molar refractivity (Wildman–Crippen MR) is 96.1 cm³/mol. The van der Waals surface area contributed by atoms with Gasteiger partial charge in [-0.2, -0.15) is 0 Å². The number of hydrogen-bond acceptors (Lipinski definition) is 2. The highest BCUT2D eigenvalue weighted by Crippen LogP contribution is 2.31. The van der Waals surface area contributed by atoms with Crippen LogP contribution in [0.3, 0.4) is 0 Å². The standard InChI is InChI=1S/C21H22FNO3/c1-14(10-11-16-7-3-5-9-18(16)22)20(24)23-13-12-15-6-2-4-8-17(15)19(23)21(25)26/h2-9,14,19H,10-13H2,1H3,(H,25,26). The van der Waals surface area contributed by atoms with Crippen LogP contribution in [-0.4, -0.2) is 28.4 Å². The van der Waals surface area contributed by atoms with Gasteiger partial charge in [-0.1, -0.05) is 49.4 Å². The van der Waals surface area contributed by atoms with Crippen LogP contribution >= 0.6 is 0 Å². The molecule has 0 spiro atoms.